The Bertz CT molecular complexity index is 820. The summed E-state index contributed by atoms with van der Waals surface area (Å²) in [6, 6.07) is 16.4. The highest BCUT2D eigenvalue weighted by molar-refractivity contribution is 5.97. The van der Waals surface area contributed by atoms with Gasteiger partial charge >= 0.3 is 0 Å². The molecular weight excluding hydrogens is 356 g/mol. The molecule has 1 fully saturated rings. The van der Waals surface area contributed by atoms with Crippen LogP contribution in [-0.4, -0.2) is 48.6 Å². The van der Waals surface area contributed by atoms with E-state index in [4.69, 9.17) is 9.47 Å². The molecule has 0 saturated carbocycles. The molecular formula is C22H26N2O4. The second kappa shape index (κ2) is 8.89. The predicted molar refractivity (Wildman–Crippen MR) is 108 cm³/mol. The van der Waals surface area contributed by atoms with Crippen LogP contribution in [0.15, 0.2) is 54.6 Å². The molecule has 0 aromatic heterocycles. The van der Waals surface area contributed by atoms with Crippen LogP contribution in [0, 0.1) is 0 Å². The number of carbonyl (C=O) groups excluding carboxylic acids is 2. The number of benzene rings is 2. The summed E-state index contributed by atoms with van der Waals surface area (Å²) < 4.78 is 11.0. The molecule has 0 aliphatic carbocycles. The van der Waals surface area contributed by atoms with Crippen molar-refractivity contribution in [2.75, 3.05) is 31.7 Å². The van der Waals surface area contributed by atoms with Gasteiger partial charge in [0.1, 0.15) is 5.75 Å². The third-order valence-electron chi connectivity index (χ3n) is 4.62. The first kappa shape index (κ1) is 19.9. The molecule has 2 aromatic rings. The van der Waals surface area contributed by atoms with Crippen molar-refractivity contribution in [3.05, 3.63) is 60.2 Å². The van der Waals surface area contributed by atoms with E-state index in [2.05, 4.69) is 5.32 Å². The van der Waals surface area contributed by atoms with Crippen molar-refractivity contribution in [1.29, 1.82) is 0 Å². The van der Waals surface area contributed by atoms with E-state index in [9.17, 15) is 9.59 Å². The fourth-order valence-corrected chi connectivity index (χ4v) is 3.12. The van der Waals surface area contributed by atoms with Gasteiger partial charge in [-0.05, 0) is 44.2 Å². The normalized spacial score (nSPS) is 15.7. The summed E-state index contributed by atoms with van der Waals surface area (Å²) in [6.07, 6.45) is 0.226. The van der Waals surface area contributed by atoms with Gasteiger partial charge in [-0.2, -0.15) is 0 Å². The number of carbonyl (C=O) groups is 2. The molecule has 3 rings (SSSR count). The standard InChI is InChI=1S/C22H26N2O4/c1-22(2)16-27-14-12-24(22)21(26)17-7-6-8-18(15-17)23-20(25)11-13-28-19-9-4-3-5-10-19/h3-10,15H,11-14,16H2,1-2H3,(H,23,25). The monoisotopic (exact) mass is 382 g/mol. The van der Waals surface area contributed by atoms with E-state index in [-0.39, 0.29) is 30.4 Å². The first-order valence-electron chi connectivity index (χ1n) is 9.43. The van der Waals surface area contributed by atoms with Crippen LogP contribution in [0.3, 0.4) is 0 Å². The minimum absolute atomic E-state index is 0.0585. The summed E-state index contributed by atoms with van der Waals surface area (Å²) in [7, 11) is 0. The van der Waals surface area contributed by atoms with Gasteiger partial charge in [-0.25, -0.2) is 0 Å². The molecule has 1 N–H and O–H groups in total. The summed E-state index contributed by atoms with van der Waals surface area (Å²) in [5.74, 6) is 0.514. The fourth-order valence-electron chi connectivity index (χ4n) is 3.12. The molecule has 6 heteroatoms. The molecule has 2 amide bonds. The van der Waals surface area contributed by atoms with Crippen LogP contribution in [0.5, 0.6) is 5.75 Å². The number of anilines is 1. The van der Waals surface area contributed by atoms with Gasteiger partial charge < -0.3 is 19.7 Å². The van der Waals surface area contributed by atoms with E-state index in [0.717, 1.165) is 5.75 Å². The topological polar surface area (TPSA) is 67.9 Å². The maximum atomic E-state index is 12.9. The van der Waals surface area contributed by atoms with E-state index in [1.165, 1.54) is 0 Å². The van der Waals surface area contributed by atoms with Crippen LogP contribution in [0.25, 0.3) is 0 Å². The van der Waals surface area contributed by atoms with Gasteiger partial charge in [0.2, 0.25) is 5.91 Å². The molecule has 0 bridgehead atoms. The number of amides is 2. The van der Waals surface area contributed by atoms with E-state index in [1.54, 1.807) is 24.3 Å². The van der Waals surface area contributed by atoms with Gasteiger partial charge in [-0.1, -0.05) is 24.3 Å². The Morgan fingerprint density at radius 2 is 1.93 bits per heavy atom. The molecule has 1 aliphatic rings. The van der Waals surface area contributed by atoms with Crippen molar-refractivity contribution in [2.24, 2.45) is 0 Å². The Labute approximate surface area is 165 Å². The van der Waals surface area contributed by atoms with E-state index >= 15 is 0 Å². The molecule has 0 radical (unpaired) electrons. The number of hydrogen-bond acceptors (Lipinski definition) is 4. The fraction of sp³-hybridized carbons (Fsp3) is 0.364. The van der Waals surface area contributed by atoms with Crippen LogP contribution in [0.2, 0.25) is 0 Å². The number of rotatable bonds is 6. The van der Waals surface area contributed by atoms with E-state index in [0.29, 0.717) is 31.0 Å². The largest absolute Gasteiger partial charge is 0.493 e. The molecule has 1 saturated heterocycles. The van der Waals surface area contributed by atoms with Crippen LogP contribution in [0.4, 0.5) is 5.69 Å². The average molecular weight is 382 g/mol. The van der Waals surface area contributed by atoms with Gasteiger partial charge in [0, 0.05) is 17.8 Å². The summed E-state index contributed by atoms with van der Waals surface area (Å²) in [6.45, 7) is 5.87. The quantitative estimate of drug-likeness (QED) is 0.832. The molecule has 0 atom stereocenters. The minimum Gasteiger partial charge on any atom is -0.493 e. The molecule has 0 unspecified atom stereocenters. The number of morpholine rings is 1. The van der Waals surface area contributed by atoms with Gasteiger partial charge in [-0.3, -0.25) is 9.59 Å². The zero-order valence-electron chi connectivity index (χ0n) is 16.3. The highest BCUT2D eigenvalue weighted by Crippen LogP contribution is 2.23. The lowest BCUT2D eigenvalue weighted by atomic mass is 10.0. The number of ether oxygens (including phenoxy) is 2. The maximum Gasteiger partial charge on any atom is 0.254 e. The lowest BCUT2D eigenvalue weighted by Gasteiger charge is -2.42. The van der Waals surface area contributed by atoms with Crippen molar-refractivity contribution in [3.63, 3.8) is 0 Å². The molecule has 148 valence electrons. The van der Waals surface area contributed by atoms with Crippen LogP contribution >= 0.6 is 0 Å². The maximum absolute atomic E-state index is 12.9. The van der Waals surface area contributed by atoms with Crippen molar-refractivity contribution in [2.45, 2.75) is 25.8 Å². The smallest absolute Gasteiger partial charge is 0.254 e. The number of para-hydroxylation sites is 1. The molecule has 1 aliphatic heterocycles. The van der Waals surface area contributed by atoms with Crippen molar-refractivity contribution in [1.82, 2.24) is 4.90 Å². The van der Waals surface area contributed by atoms with Crippen molar-refractivity contribution in [3.8, 4) is 5.75 Å². The summed E-state index contributed by atoms with van der Waals surface area (Å²) >= 11 is 0. The highest BCUT2D eigenvalue weighted by Gasteiger charge is 2.34. The molecule has 6 nitrogen and oxygen atoms in total. The van der Waals surface area contributed by atoms with E-state index in [1.807, 2.05) is 49.1 Å². The Morgan fingerprint density at radius 1 is 1.14 bits per heavy atom. The lowest BCUT2D eigenvalue weighted by Crippen LogP contribution is -2.55. The van der Waals surface area contributed by atoms with Crippen molar-refractivity contribution < 1.29 is 19.1 Å². The Kier molecular flexibility index (Phi) is 6.31. The third-order valence-corrected chi connectivity index (χ3v) is 4.62. The third kappa shape index (κ3) is 5.10. The number of nitrogens with zero attached hydrogens (tertiary/aromatic N) is 1. The number of hydrogen-bond donors (Lipinski definition) is 1. The van der Waals surface area contributed by atoms with E-state index < -0.39 is 0 Å². The second-order valence-corrected chi connectivity index (χ2v) is 7.36. The second-order valence-electron chi connectivity index (χ2n) is 7.36. The highest BCUT2D eigenvalue weighted by atomic mass is 16.5. The summed E-state index contributed by atoms with van der Waals surface area (Å²) in [4.78, 5) is 26.9. The van der Waals surface area contributed by atoms with Crippen LogP contribution in [-0.2, 0) is 9.53 Å². The van der Waals surface area contributed by atoms with Crippen LogP contribution in [0.1, 0.15) is 30.6 Å². The van der Waals surface area contributed by atoms with Crippen molar-refractivity contribution >= 4 is 17.5 Å². The first-order chi connectivity index (χ1) is 13.5. The molecule has 2 aromatic carbocycles. The molecule has 1 heterocycles. The molecule has 0 spiro atoms. The molecule has 28 heavy (non-hydrogen) atoms. The lowest BCUT2D eigenvalue weighted by molar-refractivity contribution is -0.116. The predicted octanol–water partition coefficient (Wildman–Crippen LogP) is 3.35. The summed E-state index contributed by atoms with van der Waals surface area (Å²) in [5.41, 5.74) is 0.790. The first-order valence-corrected chi connectivity index (χ1v) is 9.43. The van der Waals surface area contributed by atoms with Gasteiger partial charge in [0.25, 0.3) is 5.91 Å². The zero-order valence-corrected chi connectivity index (χ0v) is 16.3. The average Bonchev–Trinajstić information content (AvgIpc) is 2.68. The number of nitrogens with one attached hydrogen (secondary N) is 1. The van der Waals surface area contributed by atoms with Gasteiger partial charge in [-0.15, -0.1) is 0 Å². The Morgan fingerprint density at radius 3 is 2.68 bits per heavy atom. The van der Waals surface area contributed by atoms with Gasteiger partial charge in [0.05, 0.1) is 31.8 Å². The Hall–Kier alpha value is -2.86. The summed E-state index contributed by atoms with van der Waals surface area (Å²) in [5, 5.41) is 2.83. The zero-order chi connectivity index (χ0) is 20.0. The Balaban J connectivity index is 1.56. The van der Waals surface area contributed by atoms with Gasteiger partial charge in [0.15, 0.2) is 0 Å². The van der Waals surface area contributed by atoms with Crippen LogP contribution < -0.4 is 10.1 Å². The SMILES string of the molecule is CC1(C)COCCN1C(=O)c1cccc(NC(=O)CCOc2ccccc2)c1. The minimum atomic E-state index is -0.358.